The Morgan fingerprint density at radius 2 is 1.86 bits per heavy atom. The fraction of sp³-hybridized carbons (Fsp3) is 0. The van der Waals surface area contributed by atoms with Crippen LogP contribution in [0.4, 0.5) is 0 Å². The highest BCUT2D eigenvalue weighted by molar-refractivity contribution is 5.78. The van der Waals surface area contributed by atoms with Crippen LogP contribution < -0.4 is 11.0 Å². The number of hydrogen-bond acceptors (Lipinski definition) is 3. The summed E-state index contributed by atoms with van der Waals surface area (Å²) >= 11 is 0. The van der Waals surface area contributed by atoms with Gasteiger partial charge in [-0.15, -0.1) is 0 Å². The molecule has 0 bridgehead atoms. The summed E-state index contributed by atoms with van der Waals surface area (Å²) < 4.78 is 0. The number of aromatic hydroxyl groups is 1. The Bertz CT molecular complexity index is 601. The van der Waals surface area contributed by atoms with Gasteiger partial charge in [-0.1, -0.05) is 18.2 Å². The highest BCUT2D eigenvalue weighted by Crippen LogP contribution is 2.10. The smallest absolute Gasteiger partial charge is 0.300 e. The summed E-state index contributed by atoms with van der Waals surface area (Å²) in [5.74, 6) is -0.535. The summed E-state index contributed by atoms with van der Waals surface area (Å²) in [4.78, 5) is 24.6. The Balaban J connectivity index is 3.10. The second kappa shape index (κ2) is 2.99. The van der Waals surface area contributed by atoms with Crippen LogP contribution in [0.1, 0.15) is 0 Å². The van der Waals surface area contributed by atoms with Gasteiger partial charge in [0.2, 0.25) is 0 Å². The molecular formula is C10H7NO3. The molecule has 2 N–H and O–H groups in total. The zero-order valence-electron chi connectivity index (χ0n) is 7.15. The van der Waals surface area contributed by atoms with Crippen molar-refractivity contribution in [1.82, 2.24) is 4.98 Å². The third-order valence-electron chi connectivity index (χ3n) is 1.94. The number of para-hydroxylation sites is 1. The molecule has 1 heterocycles. The minimum absolute atomic E-state index is 0.523. The lowest BCUT2D eigenvalue weighted by atomic mass is 10.2. The summed E-state index contributed by atoms with van der Waals surface area (Å²) in [6.45, 7) is 0. The maximum absolute atomic E-state index is 11.1. The van der Waals surface area contributed by atoms with E-state index in [1.165, 1.54) is 6.07 Å². The van der Waals surface area contributed by atoms with Crippen LogP contribution in [0.5, 0.6) is 5.75 Å². The van der Waals surface area contributed by atoms with Crippen molar-refractivity contribution in [2.45, 2.75) is 0 Å². The number of H-pyrrole nitrogens is 1. The minimum Gasteiger partial charge on any atom is -0.504 e. The molecule has 4 nitrogen and oxygen atoms in total. The average Bonchev–Trinajstić information content (AvgIpc) is 2.28. The van der Waals surface area contributed by atoms with E-state index in [1.54, 1.807) is 24.3 Å². The topological polar surface area (TPSA) is 70.2 Å². The lowest BCUT2D eigenvalue weighted by Gasteiger charge is -1.88. The van der Waals surface area contributed by atoms with E-state index in [-0.39, 0.29) is 0 Å². The van der Waals surface area contributed by atoms with Crippen LogP contribution in [-0.2, 0) is 0 Å². The molecule has 0 aliphatic carbocycles. The number of hydrogen-bond donors (Lipinski definition) is 2. The van der Waals surface area contributed by atoms with Crippen LogP contribution in [-0.4, -0.2) is 10.1 Å². The molecule has 0 aliphatic heterocycles. The van der Waals surface area contributed by atoms with Gasteiger partial charge in [0.05, 0.1) is 0 Å². The second-order valence-corrected chi connectivity index (χ2v) is 2.90. The van der Waals surface area contributed by atoms with Crippen molar-refractivity contribution in [2.75, 3.05) is 0 Å². The highest BCUT2D eigenvalue weighted by Gasteiger charge is 2.00. The van der Waals surface area contributed by atoms with Crippen molar-refractivity contribution in [3.63, 3.8) is 0 Å². The van der Waals surface area contributed by atoms with Gasteiger partial charge in [-0.25, -0.2) is 0 Å². The average molecular weight is 189 g/mol. The van der Waals surface area contributed by atoms with Crippen LogP contribution in [0.15, 0.2) is 39.9 Å². The predicted molar refractivity (Wildman–Crippen MR) is 52.5 cm³/mol. The van der Waals surface area contributed by atoms with Gasteiger partial charge in [-0.3, -0.25) is 9.59 Å². The predicted octanol–water partition coefficient (Wildman–Crippen LogP) is 0.594. The zero-order valence-corrected chi connectivity index (χ0v) is 7.15. The summed E-state index contributed by atoms with van der Waals surface area (Å²) in [7, 11) is 0. The molecule has 0 saturated carbocycles. The molecule has 0 saturated heterocycles. The Hall–Kier alpha value is -2.10. The molecule has 0 atom stereocenters. The minimum atomic E-state index is -0.916. The van der Waals surface area contributed by atoms with Crippen LogP contribution >= 0.6 is 0 Å². The van der Waals surface area contributed by atoms with Gasteiger partial charge in [-0.2, -0.15) is 0 Å². The molecule has 14 heavy (non-hydrogen) atoms. The maximum Gasteiger partial charge on any atom is 0.300 e. The van der Waals surface area contributed by atoms with Crippen molar-refractivity contribution in [2.24, 2.45) is 0 Å². The van der Waals surface area contributed by atoms with Crippen molar-refractivity contribution in [1.29, 1.82) is 0 Å². The van der Waals surface area contributed by atoms with E-state index in [1.807, 2.05) is 0 Å². The van der Waals surface area contributed by atoms with Gasteiger partial charge >= 0.3 is 0 Å². The second-order valence-electron chi connectivity index (χ2n) is 2.90. The lowest BCUT2D eigenvalue weighted by Crippen LogP contribution is -2.22. The quantitative estimate of drug-likeness (QED) is 0.596. The molecule has 4 heteroatoms. The molecule has 2 rings (SSSR count). The Labute approximate surface area is 78.5 Å². The summed E-state index contributed by atoms with van der Waals surface area (Å²) in [6, 6.07) is 8.12. The number of benzene rings is 1. The number of rotatable bonds is 0. The first-order chi connectivity index (χ1) is 6.68. The normalized spacial score (nSPS) is 10.3. The molecule has 0 amide bonds. The first-order valence-electron chi connectivity index (χ1n) is 4.04. The Morgan fingerprint density at radius 1 is 1.14 bits per heavy atom. The monoisotopic (exact) mass is 189 g/mol. The lowest BCUT2D eigenvalue weighted by molar-refractivity contribution is 0.470. The molecule has 2 aromatic rings. The first-order valence-corrected chi connectivity index (χ1v) is 4.04. The van der Waals surface area contributed by atoms with E-state index in [0.717, 1.165) is 0 Å². The molecule has 1 aromatic carbocycles. The van der Waals surface area contributed by atoms with Crippen molar-refractivity contribution in [3.8, 4) is 5.75 Å². The van der Waals surface area contributed by atoms with E-state index in [4.69, 9.17) is 0 Å². The van der Waals surface area contributed by atoms with E-state index in [0.29, 0.717) is 10.9 Å². The van der Waals surface area contributed by atoms with Gasteiger partial charge in [0.1, 0.15) is 0 Å². The number of nitrogens with one attached hydrogen (secondary N) is 1. The van der Waals surface area contributed by atoms with Crippen molar-refractivity contribution >= 4 is 10.9 Å². The van der Waals surface area contributed by atoms with Gasteiger partial charge in [0, 0.05) is 10.9 Å². The summed E-state index contributed by atoms with van der Waals surface area (Å²) in [5, 5.41) is 9.84. The fourth-order valence-electron chi connectivity index (χ4n) is 1.24. The highest BCUT2D eigenvalue weighted by atomic mass is 16.3. The van der Waals surface area contributed by atoms with Gasteiger partial charge in [-0.05, 0) is 12.1 Å². The maximum atomic E-state index is 11.1. The molecular weight excluding hydrogens is 182 g/mol. The molecule has 0 radical (unpaired) electrons. The van der Waals surface area contributed by atoms with Crippen molar-refractivity contribution in [3.05, 3.63) is 50.9 Å². The van der Waals surface area contributed by atoms with Crippen LogP contribution in [0.2, 0.25) is 0 Å². The van der Waals surface area contributed by atoms with E-state index in [9.17, 15) is 14.7 Å². The van der Waals surface area contributed by atoms with Crippen LogP contribution in [0.25, 0.3) is 10.9 Å². The number of aromatic nitrogens is 1. The van der Waals surface area contributed by atoms with Crippen LogP contribution in [0, 0.1) is 0 Å². The molecule has 0 fully saturated rings. The number of fused-ring (bicyclic) bond motifs is 1. The van der Waals surface area contributed by atoms with E-state index < -0.39 is 16.7 Å². The van der Waals surface area contributed by atoms with E-state index >= 15 is 0 Å². The zero-order chi connectivity index (χ0) is 10.1. The van der Waals surface area contributed by atoms with Gasteiger partial charge in [0.15, 0.2) is 5.75 Å². The third kappa shape index (κ3) is 1.26. The fourth-order valence-corrected chi connectivity index (χ4v) is 1.24. The molecule has 0 aliphatic rings. The van der Waals surface area contributed by atoms with Crippen molar-refractivity contribution < 1.29 is 5.11 Å². The van der Waals surface area contributed by atoms with E-state index in [2.05, 4.69) is 4.98 Å². The SMILES string of the molecule is O=c1[nH]c2ccccc2cc(O)c1=O. The molecule has 0 unspecified atom stereocenters. The largest absolute Gasteiger partial charge is 0.504 e. The summed E-state index contributed by atoms with van der Waals surface area (Å²) in [5.41, 5.74) is -1.21. The summed E-state index contributed by atoms with van der Waals surface area (Å²) in [6.07, 6.45) is 0. The van der Waals surface area contributed by atoms with Gasteiger partial charge < -0.3 is 10.1 Å². The molecule has 70 valence electrons. The Kier molecular flexibility index (Phi) is 1.81. The number of aromatic amines is 1. The Morgan fingerprint density at radius 3 is 2.64 bits per heavy atom. The van der Waals surface area contributed by atoms with Crippen LogP contribution in [0.3, 0.4) is 0 Å². The first kappa shape index (κ1) is 8.50. The molecule has 0 spiro atoms. The standard InChI is InChI=1S/C10H7NO3/c12-8-5-6-3-1-2-4-7(6)11-10(14)9(8)13/h1-5H,(H2,11,12,13,14). The molecule has 1 aromatic heterocycles. The van der Waals surface area contributed by atoms with Gasteiger partial charge in [0.25, 0.3) is 11.0 Å². The third-order valence-corrected chi connectivity index (χ3v) is 1.94.